The second-order valence-electron chi connectivity index (χ2n) is 7.17. The van der Waals surface area contributed by atoms with E-state index in [4.69, 9.17) is 4.74 Å². The molecule has 1 aromatic heterocycles. The van der Waals surface area contributed by atoms with Crippen LogP contribution in [0.3, 0.4) is 0 Å². The van der Waals surface area contributed by atoms with Crippen LogP contribution in [-0.4, -0.2) is 26.4 Å². The van der Waals surface area contributed by atoms with Crippen molar-refractivity contribution < 1.29 is 22.7 Å². The zero-order valence-electron chi connectivity index (χ0n) is 17.9. The fraction of sp³-hybridized carbons (Fsp3) is 0.318. The minimum atomic E-state index is -4.47. The Labute approximate surface area is 188 Å². The van der Waals surface area contributed by atoms with Gasteiger partial charge in [-0.2, -0.15) is 13.2 Å². The number of nitrogens with one attached hydrogen (secondary N) is 1. The number of alkyl halides is 3. The summed E-state index contributed by atoms with van der Waals surface area (Å²) in [5, 5.41) is 11.3. The van der Waals surface area contributed by atoms with Crippen molar-refractivity contribution in [3.05, 3.63) is 65.0 Å². The largest absolute Gasteiger partial charge is 0.486 e. The van der Waals surface area contributed by atoms with Crippen molar-refractivity contribution in [1.29, 1.82) is 0 Å². The van der Waals surface area contributed by atoms with Crippen molar-refractivity contribution in [2.24, 2.45) is 0 Å². The SMILES string of the molecule is CCn1c(COc2cc(C)cc(C)c2)nnc1SCC(=O)Nc1cccc(C(F)(F)F)c1. The molecule has 0 aliphatic rings. The summed E-state index contributed by atoms with van der Waals surface area (Å²) < 4.78 is 46.2. The van der Waals surface area contributed by atoms with Crippen molar-refractivity contribution in [2.45, 2.75) is 45.3 Å². The summed E-state index contributed by atoms with van der Waals surface area (Å²) in [5.41, 5.74) is 1.46. The standard InChI is InChI=1S/C22H23F3N4O2S/c1-4-29-19(12-31-18-9-14(2)8-15(3)10-18)27-28-21(29)32-13-20(30)26-17-7-5-6-16(11-17)22(23,24)25/h5-11H,4,12-13H2,1-3H3,(H,26,30). The highest BCUT2D eigenvalue weighted by Crippen LogP contribution is 2.30. The van der Waals surface area contributed by atoms with Crippen molar-refractivity contribution in [3.63, 3.8) is 0 Å². The van der Waals surface area contributed by atoms with Gasteiger partial charge >= 0.3 is 6.18 Å². The second kappa shape index (κ2) is 10.1. The number of anilines is 1. The van der Waals surface area contributed by atoms with Gasteiger partial charge in [-0.25, -0.2) is 0 Å². The normalized spacial score (nSPS) is 11.4. The summed E-state index contributed by atoms with van der Waals surface area (Å²) in [6, 6.07) is 10.5. The molecule has 170 valence electrons. The van der Waals surface area contributed by atoms with Crippen molar-refractivity contribution in [1.82, 2.24) is 14.8 Å². The number of thioether (sulfide) groups is 1. The molecule has 0 radical (unpaired) electrons. The molecule has 0 atom stereocenters. The van der Waals surface area contributed by atoms with Crippen molar-refractivity contribution in [2.75, 3.05) is 11.1 Å². The van der Waals surface area contributed by atoms with Gasteiger partial charge in [-0.05, 0) is 62.2 Å². The lowest BCUT2D eigenvalue weighted by molar-refractivity contribution is -0.137. The number of hydrogen-bond donors (Lipinski definition) is 1. The molecule has 1 N–H and O–H groups in total. The number of ether oxygens (including phenoxy) is 1. The highest BCUT2D eigenvalue weighted by atomic mass is 32.2. The number of rotatable bonds is 8. The Morgan fingerprint density at radius 1 is 1.12 bits per heavy atom. The molecule has 0 fully saturated rings. The summed E-state index contributed by atoms with van der Waals surface area (Å²) in [4.78, 5) is 12.2. The van der Waals surface area contributed by atoms with Gasteiger partial charge in [-0.15, -0.1) is 10.2 Å². The molecule has 1 amide bonds. The molecule has 1 heterocycles. The van der Waals surface area contributed by atoms with Gasteiger partial charge in [-0.3, -0.25) is 4.79 Å². The molecular formula is C22H23F3N4O2S. The number of hydrogen-bond acceptors (Lipinski definition) is 5. The fourth-order valence-corrected chi connectivity index (χ4v) is 3.94. The van der Waals surface area contributed by atoms with Crippen LogP contribution in [0.15, 0.2) is 47.6 Å². The lowest BCUT2D eigenvalue weighted by Crippen LogP contribution is -2.15. The molecule has 0 saturated heterocycles. The van der Waals surface area contributed by atoms with Gasteiger partial charge in [0.25, 0.3) is 0 Å². The maximum atomic E-state index is 12.8. The third kappa shape index (κ3) is 6.25. The topological polar surface area (TPSA) is 69.0 Å². The van der Waals surface area contributed by atoms with E-state index in [2.05, 4.69) is 21.6 Å². The monoisotopic (exact) mass is 464 g/mol. The van der Waals surface area contributed by atoms with Gasteiger partial charge in [0.15, 0.2) is 11.0 Å². The van der Waals surface area contributed by atoms with Crippen molar-refractivity contribution >= 4 is 23.4 Å². The number of halogens is 3. The van der Waals surface area contributed by atoms with E-state index in [1.54, 1.807) is 0 Å². The number of nitrogens with zero attached hydrogens (tertiary/aromatic N) is 3. The van der Waals surface area contributed by atoms with E-state index in [0.29, 0.717) is 17.5 Å². The Hall–Kier alpha value is -3.01. The second-order valence-corrected chi connectivity index (χ2v) is 8.11. The van der Waals surface area contributed by atoms with Crippen LogP contribution in [0, 0.1) is 13.8 Å². The van der Waals surface area contributed by atoms with Gasteiger partial charge < -0.3 is 14.6 Å². The predicted octanol–water partition coefficient (Wildman–Crippen LogP) is 5.24. The Morgan fingerprint density at radius 2 is 1.84 bits per heavy atom. The number of carbonyl (C=O) groups excluding carboxylic acids is 1. The number of amides is 1. The van der Waals surface area contributed by atoms with Crippen molar-refractivity contribution in [3.8, 4) is 5.75 Å². The smallest absolute Gasteiger partial charge is 0.416 e. The average Bonchev–Trinajstić information content (AvgIpc) is 3.11. The van der Waals surface area contributed by atoms with Gasteiger partial charge in [0.05, 0.1) is 11.3 Å². The molecule has 6 nitrogen and oxygen atoms in total. The summed E-state index contributed by atoms with van der Waals surface area (Å²) in [6.07, 6.45) is -4.47. The van der Waals surface area contributed by atoms with Gasteiger partial charge in [0, 0.05) is 12.2 Å². The van der Waals surface area contributed by atoms with Crippen LogP contribution in [0.2, 0.25) is 0 Å². The predicted molar refractivity (Wildman–Crippen MR) is 117 cm³/mol. The molecule has 0 saturated carbocycles. The van der Waals surface area contributed by atoms with E-state index in [0.717, 1.165) is 40.8 Å². The van der Waals surface area contributed by atoms with Crippen LogP contribution in [0.5, 0.6) is 5.75 Å². The third-order valence-corrected chi connectivity index (χ3v) is 5.45. The molecule has 0 spiro atoms. The highest BCUT2D eigenvalue weighted by Gasteiger charge is 2.30. The first-order valence-corrected chi connectivity index (χ1v) is 10.9. The maximum absolute atomic E-state index is 12.8. The molecule has 0 bridgehead atoms. The number of carbonyl (C=O) groups is 1. The first-order chi connectivity index (χ1) is 15.2. The van der Waals surface area contributed by atoms with Gasteiger partial charge in [-0.1, -0.05) is 23.9 Å². The van der Waals surface area contributed by atoms with Crippen LogP contribution in [-0.2, 0) is 24.1 Å². The Balaban J connectivity index is 1.59. The Kier molecular flexibility index (Phi) is 7.44. The Morgan fingerprint density at radius 3 is 2.50 bits per heavy atom. The van der Waals surface area contributed by atoms with Gasteiger partial charge in [0.2, 0.25) is 5.91 Å². The zero-order chi connectivity index (χ0) is 23.3. The fourth-order valence-electron chi connectivity index (χ4n) is 3.11. The summed E-state index contributed by atoms with van der Waals surface area (Å²) >= 11 is 1.16. The maximum Gasteiger partial charge on any atom is 0.416 e. The Bertz CT molecular complexity index is 1080. The molecule has 3 rings (SSSR count). The molecule has 0 aliphatic heterocycles. The highest BCUT2D eigenvalue weighted by molar-refractivity contribution is 7.99. The van der Waals surface area contributed by atoms with Crippen LogP contribution in [0.4, 0.5) is 18.9 Å². The van der Waals surface area contributed by atoms with E-state index in [1.807, 2.05) is 37.5 Å². The summed E-state index contributed by atoms with van der Waals surface area (Å²) in [7, 11) is 0. The molecule has 3 aromatic rings. The zero-order valence-corrected chi connectivity index (χ0v) is 18.7. The van der Waals surface area contributed by atoms with E-state index in [9.17, 15) is 18.0 Å². The summed E-state index contributed by atoms with van der Waals surface area (Å²) in [5.74, 6) is 0.898. The van der Waals surface area contributed by atoms with Crippen LogP contribution < -0.4 is 10.1 Å². The molecule has 10 heteroatoms. The summed E-state index contributed by atoms with van der Waals surface area (Å²) in [6.45, 7) is 6.72. The molecular weight excluding hydrogens is 441 g/mol. The van der Waals surface area contributed by atoms with Crippen LogP contribution >= 0.6 is 11.8 Å². The molecule has 32 heavy (non-hydrogen) atoms. The lowest BCUT2D eigenvalue weighted by Gasteiger charge is -2.11. The van der Waals surface area contributed by atoms with E-state index in [-0.39, 0.29) is 18.0 Å². The van der Waals surface area contributed by atoms with E-state index >= 15 is 0 Å². The minimum absolute atomic E-state index is 0.0215. The van der Waals surface area contributed by atoms with E-state index < -0.39 is 17.6 Å². The minimum Gasteiger partial charge on any atom is -0.486 e. The average molecular weight is 465 g/mol. The number of benzene rings is 2. The first kappa shape index (κ1) is 23.6. The van der Waals surface area contributed by atoms with Crippen LogP contribution in [0.1, 0.15) is 29.4 Å². The number of aryl methyl sites for hydroxylation is 2. The van der Waals surface area contributed by atoms with Gasteiger partial charge in [0.1, 0.15) is 12.4 Å². The third-order valence-electron chi connectivity index (χ3n) is 4.48. The molecule has 2 aromatic carbocycles. The quantitative estimate of drug-likeness (QED) is 0.462. The van der Waals surface area contributed by atoms with E-state index in [1.165, 1.54) is 12.1 Å². The number of aromatic nitrogens is 3. The lowest BCUT2D eigenvalue weighted by atomic mass is 10.1. The van der Waals surface area contributed by atoms with Crippen LogP contribution in [0.25, 0.3) is 0 Å². The molecule has 0 aliphatic carbocycles. The first-order valence-electron chi connectivity index (χ1n) is 9.88. The molecule has 0 unspecified atom stereocenters.